The highest BCUT2D eigenvalue weighted by molar-refractivity contribution is 5.98. The highest BCUT2D eigenvalue weighted by atomic mass is 16.5. The molecule has 18 rings (SSSR count). The Morgan fingerprint density at radius 2 is 0.795 bits per heavy atom. The first kappa shape index (κ1) is 83.6. The molecule has 3 amide bonds. The first-order valence-corrected chi connectivity index (χ1v) is 43.5. The number of hydrogen-bond donors (Lipinski definition) is 3. The van der Waals surface area contributed by atoms with Gasteiger partial charge in [0.1, 0.15) is 40.8 Å². The average molecular weight is 1650 g/mol. The van der Waals surface area contributed by atoms with E-state index >= 15 is 0 Å². The highest BCUT2D eigenvalue weighted by Gasteiger charge is 2.36. The first-order chi connectivity index (χ1) is 59.4. The van der Waals surface area contributed by atoms with Gasteiger partial charge >= 0.3 is 18.0 Å². The van der Waals surface area contributed by atoms with E-state index in [0.717, 1.165) is 217 Å². The van der Waals surface area contributed by atoms with Gasteiger partial charge in [0.05, 0.1) is 56.0 Å². The van der Waals surface area contributed by atoms with Crippen LogP contribution in [-0.4, -0.2) is 233 Å². The number of aromatic hydroxyl groups is 3. The second-order valence-electron chi connectivity index (χ2n) is 33.8. The summed E-state index contributed by atoms with van der Waals surface area (Å²) >= 11 is 0. The molecule has 4 saturated heterocycles. The second kappa shape index (κ2) is 37.9. The largest absolute Gasteiger partial charge is 0.508 e. The zero-order valence-corrected chi connectivity index (χ0v) is 70.6. The number of fused-ring (bicyclic) bond motifs is 6. The maximum Gasteiger partial charge on any atom is 0.318 e. The van der Waals surface area contributed by atoms with Crippen LogP contribution in [0.3, 0.4) is 0 Å². The van der Waals surface area contributed by atoms with Gasteiger partial charge in [0.25, 0.3) is 0 Å². The zero-order valence-electron chi connectivity index (χ0n) is 70.6. The van der Waals surface area contributed by atoms with Crippen LogP contribution in [0.5, 0.6) is 35.3 Å². The molecule has 3 N–H and O–H groups in total. The van der Waals surface area contributed by atoms with Gasteiger partial charge < -0.3 is 78.4 Å². The Bertz CT molecular complexity index is 5170. The van der Waals surface area contributed by atoms with Gasteiger partial charge in [-0.1, -0.05) is 117 Å². The lowest BCUT2D eigenvalue weighted by molar-refractivity contribution is -0.127. The lowest BCUT2D eigenvalue weighted by Crippen LogP contribution is -2.49. The van der Waals surface area contributed by atoms with Gasteiger partial charge in [-0.3, -0.25) is 19.3 Å². The minimum absolute atomic E-state index is 0.0311. The van der Waals surface area contributed by atoms with Crippen LogP contribution in [0.1, 0.15) is 98.5 Å². The molecular weight excluding hydrogens is 1540 g/mol. The fraction of sp³-hybridized carbons (Fsp3) is 0.427. The van der Waals surface area contributed by atoms with Crippen molar-refractivity contribution in [2.24, 2.45) is 11.8 Å². The van der Waals surface area contributed by atoms with E-state index < -0.39 is 0 Å². The summed E-state index contributed by atoms with van der Waals surface area (Å²) in [5, 5.41) is 37.8. The van der Waals surface area contributed by atoms with Crippen LogP contribution >= 0.6 is 0 Å². The van der Waals surface area contributed by atoms with E-state index in [1.54, 1.807) is 25.3 Å². The molecule has 26 nitrogen and oxygen atoms in total. The summed E-state index contributed by atoms with van der Waals surface area (Å²) in [5.74, 6) is 4.27. The van der Waals surface area contributed by atoms with Gasteiger partial charge in [0.15, 0.2) is 0 Å². The monoisotopic (exact) mass is 1650 g/mol. The predicted molar refractivity (Wildman–Crippen MR) is 479 cm³/mol. The number of rotatable bonds is 20. The third-order valence-corrected chi connectivity index (χ3v) is 25.5. The molecule has 7 aliphatic heterocycles. The number of phenols is 3. The van der Waals surface area contributed by atoms with Crippen LogP contribution < -0.4 is 43.6 Å². The third kappa shape index (κ3) is 19.3. The Hall–Kier alpha value is -12.0. The maximum atomic E-state index is 12.2. The van der Waals surface area contributed by atoms with Gasteiger partial charge in [-0.15, -0.1) is 0 Å². The summed E-state index contributed by atoms with van der Waals surface area (Å²) in [5.41, 5.74) is 11.8. The molecule has 3 aromatic heterocycles. The number of aromatic nitrogens is 6. The van der Waals surface area contributed by atoms with Crippen molar-refractivity contribution in [3.8, 4) is 35.3 Å². The lowest BCUT2D eigenvalue weighted by atomic mass is 9.87. The third-order valence-electron chi connectivity index (χ3n) is 25.5. The number of benzene rings is 6. The average Bonchev–Trinajstić information content (AvgIpc) is 0.891. The van der Waals surface area contributed by atoms with Crippen molar-refractivity contribution in [1.29, 1.82) is 0 Å². The first-order valence-electron chi connectivity index (χ1n) is 43.5. The molecule has 9 aliphatic rings. The molecule has 122 heavy (non-hydrogen) atoms. The van der Waals surface area contributed by atoms with E-state index in [1.165, 1.54) is 29.4 Å². The fourth-order valence-corrected chi connectivity index (χ4v) is 19.1. The van der Waals surface area contributed by atoms with Crippen LogP contribution in [0, 0.1) is 11.8 Å². The topological polar surface area (TPSA) is 259 Å². The van der Waals surface area contributed by atoms with E-state index in [-0.39, 0.29) is 47.2 Å². The Kier molecular flexibility index (Phi) is 26.0. The molecule has 638 valence electrons. The number of hydrogen-bond acceptors (Lipinski definition) is 23. The number of likely N-dealkylation sites (tertiary alicyclic amines) is 1. The second-order valence-corrected chi connectivity index (χ2v) is 33.8. The Morgan fingerprint density at radius 3 is 1.14 bits per heavy atom. The van der Waals surface area contributed by atoms with Crippen LogP contribution in [0.4, 0.5) is 34.5 Å². The molecular formula is C96H114N16O10. The van der Waals surface area contributed by atoms with E-state index in [4.69, 9.17) is 48.9 Å². The minimum Gasteiger partial charge on any atom is -0.508 e. The summed E-state index contributed by atoms with van der Waals surface area (Å²) in [4.78, 5) is 87.7. The maximum absolute atomic E-state index is 12.2. The fourth-order valence-electron chi connectivity index (χ4n) is 19.1. The van der Waals surface area contributed by atoms with Crippen molar-refractivity contribution < 1.29 is 48.7 Å². The van der Waals surface area contributed by atoms with Crippen molar-refractivity contribution in [3.63, 3.8) is 0 Å². The van der Waals surface area contributed by atoms with Crippen molar-refractivity contribution in [2.75, 3.05) is 168 Å². The summed E-state index contributed by atoms with van der Waals surface area (Å²) in [6.45, 7) is 37.3. The molecule has 10 heterocycles. The van der Waals surface area contributed by atoms with Gasteiger partial charge in [-0.05, 0) is 148 Å². The van der Waals surface area contributed by atoms with Crippen molar-refractivity contribution in [3.05, 3.63) is 205 Å². The SMILES string of the molecule is C=CC(=O)N1CCN(c2nc(OC[C@@H]3CCCC(=C)C3)nc3c2CCN(c2cc(O)cc4ccccc24)C3)CC1.C=CC(=O)N1CCN(c2nc(OC[C@H]3CCCC(=C)C3)nc3c2CCN(c2cc(O)cc4ccccc24)C3)CC1.C=CC(=O)N1CCN(c2nc(O[C@H](C)CN3CC[C@@H](OC)C3)nc3c2CCN(c2cc(O)cc4ccccc24)C3)CC1. The number of phenolic OH excluding ortho intramolecular Hbond substituents is 3. The van der Waals surface area contributed by atoms with E-state index in [0.29, 0.717) is 141 Å². The molecule has 6 fully saturated rings. The standard InChI is InChI=1S/C32H40N6O4.2C32H37N5O3/c1-4-30(40)36-13-15-37(16-14-36)31-27-10-12-38(29-18-24(39)17-23-7-5-6-8-26(23)29)21-28(27)33-32(34-31)42-22(2)19-35-11-9-25(20-35)41-3;2*1-3-30(39)35-13-15-36(16-14-35)31-27-11-12-37(29-19-25(38)18-24-9-4-5-10-26(24)29)20-28(27)33-32(34-31)40-21-23-8-6-7-22(2)17-23/h4-8,17-18,22,25,39H,1,9-16,19-21H2,2-3H3;2*3-5,9-10,18-19,23,38H,1-2,6-8,11-17,20-21H2/t22-,25-;2*23-/m110/s1. The van der Waals surface area contributed by atoms with Gasteiger partial charge in [0, 0.05) is 193 Å². The molecule has 6 aromatic carbocycles. The normalized spacial score (nSPS) is 19.7. The van der Waals surface area contributed by atoms with Gasteiger partial charge in [-0.25, -0.2) is 0 Å². The number of ether oxygens (including phenoxy) is 4. The number of piperazine rings is 3. The molecule has 4 atom stereocenters. The molecule has 0 unspecified atom stereocenters. The van der Waals surface area contributed by atoms with Crippen molar-refractivity contribution in [2.45, 2.75) is 116 Å². The molecule has 9 aromatic rings. The Labute approximate surface area is 714 Å². The molecule has 0 bridgehead atoms. The number of nitrogens with zero attached hydrogens (tertiary/aromatic N) is 16. The number of allylic oxidation sites excluding steroid dienone is 2. The zero-order chi connectivity index (χ0) is 84.5. The summed E-state index contributed by atoms with van der Waals surface area (Å²) < 4.78 is 24.5. The quantitative estimate of drug-likeness (QED) is 0.0473. The van der Waals surface area contributed by atoms with Gasteiger partial charge in [-0.2, -0.15) is 29.9 Å². The molecule has 0 spiro atoms. The Morgan fingerprint density at radius 1 is 0.443 bits per heavy atom. The van der Waals surface area contributed by atoms with Crippen molar-refractivity contribution in [1.82, 2.24) is 49.5 Å². The molecule has 2 saturated carbocycles. The number of anilines is 6. The Balaban J connectivity index is 0.000000136. The van der Waals surface area contributed by atoms with Crippen LogP contribution in [0.2, 0.25) is 0 Å². The number of amides is 3. The molecule has 0 radical (unpaired) electrons. The van der Waals surface area contributed by atoms with Crippen LogP contribution in [0.15, 0.2) is 171 Å². The van der Waals surface area contributed by atoms with E-state index in [2.05, 4.69) is 92.3 Å². The summed E-state index contributed by atoms with van der Waals surface area (Å²) in [7, 11) is 1.77. The highest BCUT2D eigenvalue weighted by Crippen LogP contribution is 2.42. The molecule has 26 heteroatoms. The summed E-state index contributed by atoms with van der Waals surface area (Å²) in [6.07, 6.45) is 16.5. The smallest absolute Gasteiger partial charge is 0.318 e. The minimum atomic E-state index is -0.0942. The van der Waals surface area contributed by atoms with Crippen molar-refractivity contribution >= 4 is 84.6 Å². The lowest BCUT2D eigenvalue weighted by Gasteiger charge is -2.38. The van der Waals surface area contributed by atoms with Crippen LogP contribution in [0.25, 0.3) is 32.3 Å². The van der Waals surface area contributed by atoms with E-state index in [1.807, 2.05) is 87.5 Å². The molecule has 2 aliphatic carbocycles. The van der Waals surface area contributed by atoms with E-state index in [9.17, 15) is 29.7 Å². The summed E-state index contributed by atoms with van der Waals surface area (Å²) in [6, 6.07) is 36.6. The number of methoxy groups -OCH3 is 1. The number of carbonyl (C=O) groups excluding carboxylic acids is 3. The van der Waals surface area contributed by atoms with Gasteiger partial charge in [0.2, 0.25) is 17.7 Å². The number of carbonyl (C=O) groups is 3. The predicted octanol–water partition coefficient (Wildman–Crippen LogP) is 12.9. The van der Waals surface area contributed by atoms with Crippen LogP contribution in [-0.2, 0) is 58.0 Å².